The molecule has 154 valence electrons. The third-order valence-corrected chi connectivity index (χ3v) is 5.86. The van der Waals surface area contributed by atoms with Crippen molar-refractivity contribution in [2.45, 2.75) is 45.2 Å². The molecule has 1 fully saturated rings. The van der Waals surface area contributed by atoms with Gasteiger partial charge in [0.25, 0.3) is 5.56 Å². The number of carbonyl (C=O) groups is 2. The van der Waals surface area contributed by atoms with Gasteiger partial charge in [0.05, 0.1) is 6.07 Å². The van der Waals surface area contributed by atoms with Crippen molar-refractivity contribution < 1.29 is 9.59 Å². The minimum Gasteiger partial charge on any atom is -0.356 e. The second-order valence-corrected chi connectivity index (χ2v) is 8.66. The third kappa shape index (κ3) is 4.53. The van der Waals surface area contributed by atoms with Gasteiger partial charge in [-0.05, 0) is 47.2 Å². The number of H-pyrrole nitrogens is 1. The lowest BCUT2D eigenvalue weighted by Gasteiger charge is -2.23. The number of nitrogens with zero attached hydrogens (tertiary/aromatic N) is 2. The van der Waals surface area contributed by atoms with E-state index in [1.54, 1.807) is 18.5 Å². The molecule has 9 heteroatoms. The molecule has 2 aromatic rings. The van der Waals surface area contributed by atoms with Crippen molar-refractivity contribution in [1.82, 2.24) is 20.2 Å². The van der Waals surface area contributed by atoms with Crippen LogP contribution >= 0.6 is 15.9 Å². The second kappa shape index (κ2) is 8.82. The molecule has 0 bridgehead atoms. The van der Waals surface area contributed by atoms with Crippen molar-refractivity contribution in [3.8, 4) is 6.07 Å². The first-order valence-corrected chi connectivity index (χ1v) is 10.5. The maximum atomic E-state index is 13.1. The lowest BCUT2D eigenvalue weighted by molar-refractivity contribution is -0.126. The summed E-state index contributed by atoms with van der Waals surface area (Å²) in [5, 5.41) is 15.7. The van der Waals surface area contributed by atoms with E-state index in [2.05, 4.69) is 37.6 Å². The molecule has 2 aromatic heterocycles. The molecular formula is C20H24BrN5O3. The van der Waals surface area contributed by atoms with Crippen LogP contribution in [0.3, 0.4) is 0 Å². The molecule has 3 N–H and O–H groups in total. The molecule has 2 amide bonds. The summed E-state index contributed by atoms with van der Waals surface area (Å²) >= 11 is 3.39. The topological polar surface area (TPSA) is 120 Å². The minimum absolute atomic E-state index is 0.0859. The van der Waals surface area contributed by atoms with Crippen LogP contribution in [0, 0.1) is 23.2 Å². The van der Waals surface area contributed by atoms with E-state index in [4.69, 9.17) is 0 Å². The quantitative estimate of drug-likeness (QED) is 0.585. The van der Waals surface area contributed by atoms with Crippen molar-refractivity contribution in [2.24, 2.45) is 11.8 Å². The summed E-state index contributed by atoms with van der Waals surface area (Å²) in [5.74, 6) is -0.600. The molecule has 1 aliphatic rings. The van der Waals surface area contributed by atoms with Crippen molar-refractivity contribution in [3.63, 3.8) is 0 Å². The van der Waals surface area contributed by atoms with Crippen molar-refractivity contribution >= 4 is 38.6 Å². The van der Waals surface area contributed by atoms with Crippen LogP contribution in [0.25, 0.3) is 10.9 Å². The maximum absolute atomic E-state index is 13.1. The Labute approximate surface area is 176 Å². The van der Waals surface area contributed by atoms with Gasteiger partial charge in [-0.1, -0.05) is 13.8 Å². The zero-order valence-corrected chi connectivity index (χ0v) is 18.0. The molecule has 0 saturated carbocycles. The standard InChI is InChI=1S/C20H24BrN5O3/c1-11(2)7-16(26-6-4-14-15(21)10-24-17(14)20(26)29)19(28)25-13(9-22)8-12-3-5-23-18(12)27/h4,6,10-13,16,24H,3,5,7-8H2,1-2H3,(H,23,27)(H,25,28)/t12-,13-,16-/m0/s1. The van der Waals surface area contributed by atoms with Crippen molar-refractivity contribution in [3.05, 3.63) is 33.3 Å². The van der Waals surface area contributed by atoms with Crippen LogP contribution in [-0.2, 0) is 9.59 Å². The number of hydrogen-bond donors (Lipinski definition) is 3. The lowest BCUT2D eigenvalue weighted by Crippen LogP contribution is -2.43. The van der Waals surface area contributed by atoms with Gasteiger partial charge < -0.3 is 20.2 Å². The average molecular weight is 462 g/mol. The Bertz CT molecular complexity index is 1020. The van der Waals surface area contributed by atoms with Gasteiger partial charge in [-0.25, -0.2) is 0 Å². The summed E-state index contributed by atoms with van der Waals surface area (Å²) in [5.41, 5.74) is 0.123. The SMILES string of the molecule is CC(C)C[C@@H](C(=O)N[C@H](C#N)C[C@@H]1CCNC1=O)n1ccc2c(Br)c[nH]c2c1=O. The van der Waals surface area contributed by atoms with Crippen LogP contribution < -0.4 is 16.2 Å². The van der Waals surface area contributed by atoms with Gasteiger partial charge in [0, 0.05) is 34.7 Å². The number of hydrogen-bond acceptors (Lipinski definition) is 4. The van der Waals surface area contributed by atoms with E-state index in [1.165, 1.54) is 4.57 Å². The van der Waals surface area contributed by atoms with Crippen LogP contribution in [0.4, 0.5) is 0 Å². The monoisotopic (exact) mass is 461 g/mol. The number of rotatable bonds is 7. The number of aromatic amines is 1. The maximum Gasteiger partial charge on any atom is 0.275 e. The smallest absolute Gasteiger partial charge is 0.275 e. The molecule has 0 aromatic carbocycles. The van der Waals surface area contributed by atoms with E-state index in [0.717, 1.165) is 9.86 Å². The van der Waals surface area contributed by atoms with E-state index >= 15 is 0 Å². The fourth-order valence-corrected chi connectivity index (χ4v) is 4.15. The Balaban J connectivity index is 1.85. The van der Waals surface area contributed by atoms with Crippen molar-refractivity contribution in [1.29, 1.82) is 5.26 Å². The van der Waals surface area contributed by atoms with E-state index < -0.39 is 18.0 Å². The first-order chi connectivity index (χ1) is 13.8. The summed E-state index contributed by atoms with van der Waals surface area (Å²) < 4.78 is 2.19. The molecular weight excluding hydrogens is 438 g/mol. The Morgan fingerprint density at radius 1 is 1.45 bits per heavy atom. The summed E-state index contributed by atoms with van der Waals surface area (Å²) in [6, 6.07) is 2.32. The average Bonchev–Trinajstić information content (AvgIpc) is 3.26. The van der Waals surface area contributed by atoms with Gasteiger partial charge >= 0.3 is 0 Å². The zero-order chi connectivity index (χ0) is 21.1. The van der Waals surface area contributed by atoms with Gasteiger partial charge in [-0.2, -0.15) is 5.26 Å². The molecule has 29 heavy (non-hydrogen) atoms. The zero-order valence-electron chi connectivity index (χ0n) is 16.4. The molecule has 3 atom stereocenters. The predicted molar refractivity (Wildman–Crippen MR) is 112 cm³/mol. The number of fused-ring (bicyclic) bond motifs is 1. The molecule has 8 nitrogen and oxygen atoms in total. The molecule has 3 heterocycles. The number of nitrogens with one attached hydrogen (secondary N) is 3. The molecule has 0 aliphatic carbocycles. The highest BCUT2D eigenvalue weighted by Gasteiger charge is 2.30. The van der Waals surface area contributed by atoms with E-state index in [9.17, 15) is 19.6 Å². The molecule has 0 radical (unpaired) electrons. The first-order valence-electron chi connectivity index (χ1n) is 9.67. The van der Waals surface area contributed by atoms with Crippen LogP contribution in [0.1, 0.15) is 39.2 Å². The normalized spacial score (nSPS) is 18.4. The number of amides is 2. The Kier molecular flexibility index (Phi) is 6.42. The molecule has 3 rings (SSSR count). The fraction of sp³-hybridized carbons (Fsp3) is 0.500. The fourth-order valence-electron chi connectivity index (χ4n) is 3.71. The molecule has 1 aliphatic heterocycles. The van der Waals surface area contributed by atoms with Crippen LogP contribution in [0.5, 0.6) is 0 Å². The van der Waals surface area contributed by atoms with Gasteiger partial charge in [-0.3, -0.25) is 14.4 Å². The number of aromatic nitrogens is 2. The van der Waals surface area contributed by atoms with Gasteiger partial charge in [0.2, 0.25) is 11.8 Å². The van der Waals surface area contributed by atoms with Crippen LogP contribution in [-0.4, -0.2) is 34.0 Å². The highest BCUT2D eigenvalue weighted by Crippen LogP contribution is 2.23. The van der Waals surface area contributed by atoms with Crippen LogP contribution in [0.2, 0.25) is 0 Å². The van der Waals surface area contributed by atoms with Gasteiger partial charge in [-0.15, -0.1) is 0 Å². The Morgan fingerprint density at radius 3 is 2.83 bits per heavy atom. The van der Waals surface area contributed by atoms with Gasteiger partial charge in [0.1, 0.15) is 17.6 Å². The molecule has 0 unspecified atom stereocenters. The summed E-state index contributed by atoms with van der Waals surface area (Å²) in [6.45, 7) is 4.53. The summed E-state index contributed by atoms with van der Waals surface area (Å²) in [7, 11) is 0. The minimum atomic E-state index is -0.787. The predicted octanol–water partition coefficient (Wildman–Crippen LogP) is 2.21. The van der Waals surface area contributed by atoms with E-state index in [0.29, 0.717) is 24.9 Å². The summed E-state index contributed by atoms with van der Waals surface area (Å²) in [6.07, 6.45) is 4.66. The summed E-state index contributed by atoms with van der Waals surface area (Å²) in [4.78, 5) is 40.8. The number of nitriles is 1. The Hall–Kier alpha value is -2.60. The highest BCUT2D eigenvalue weighted by atomic mass is 79.9. The highest BCUT2D eigenvalue weighted by molar-refractivity contribution is 9.10. The number of halogens is 1. The second-order valence-electron chi connectivity index (χ2n) is 7.80. The van der Waals surface area contributed by atoms with Crippen molar-refractivity contribution in [2.75, 3.05) is 6.54 Å². The lowest BCUT2D eigenvalue weighted by atomic mass is 9.98. The third-order valence-electron chi connectivity index (χ3n) is 5.21. The van der Waals surface area contributed by atoms with E-state index in [-0.39, 0.29) is 29.7 Å². The van der Waals surface area contributed by atoms with Gasteiger partial charge in [0.15, 0.2) is 0 Å². The largest absolute Gasteiger partial charge is 0.356 e. The number of pyridine rings is 1. The first kappa shape index (κ1) is 21.1. The Morgan fingerprint density at radius 2 is 2.21 bits per heavy atom. The molecule has 1 saturated heterocycles. The number of carbonyl (C=O) groups excluding carboxylic acids is 2. The van der Waals surface area contributed by atoms with E-state index in [1.807, 2.05) is 13.8 Å². The molecule has 0 spiro atoms. The van der Waals surface area contributed by atoms with Crippen LogP contribution in [0.15, 0.2) is 27.7 Å².